The highest BCUT2D eigenvalue weighted by atomic mass is 32.2. The largest absolute Gasteiger partial charge is 0.337 e. The molecule has 2 saturated heterocycles. The Hall–Kier alpha value is -2.42. The second kappa shape index (κ2) is 7.37. The van der Waals surface area contributed by atoms with Crippen molar-refractivity contribution in [2.45, 2.75) is 44.7 Å². The van der Waals surface area contributed by atoms with Gasteiger partial charge in [-0.3, -0.25) is 14.5 Å². The summed E-state index contributed by atoms with van der Waals surface area (Å²) in [6.45, 7) is 3.90. The number of imide groups is 1. The highest BCUT2D eigenvalue weighted by Crippen LogP contribution is 2.41. The van der Waals surface area contributed by atoms with Gasteiger partial charge in [-0.05, 0) is 36.3 Å². The van der Waals surface area contributed by atoms with E-state index in [2.05, 4.69) is 5.32 Å². The molecule has 3 aliphatic rings. The van der Waals surface area contributed by atoms with Gasteiger partial charge in [-0.1, -0.05) is 38.1 Å². The third-order valence-corrected chi connectivity index (χ3v) is 8.00. The molecule has 30 heavy (non-hydrogen) atoms. The van der Waals surface area contributed by atoms with Gasteiger partial charge in [0, 0.05) is 12.6 Å². The molecule has 1 spiro atoms. The van der Waals surface area contributed by atoms with Crippen LogP contribution in [0.1, 0.15) is 37.8 Å². The first-order valence-electron chi connectivity index (χ1n) is 10.4. The molecular weight excluding hydrogens is 406 g/mol. The number of carbonyl (C=O) groups is 3. The minimum absolute atomic E-state index is 0.0581. The third kappa shape index (κ3) is 3.49. The van der Waals surface area contributed by atoms with E-state index in [1.807, 2.05) is 38.1 Å². The molecule has 2 aliphatic heterocycles. The average molecular weight is 434 g/mol. The summed E-state index contributed by atoms with van der Waals surface area (Å²) in [7, 11) is -3.16. The summed E-state index contributed by atoms with van der Waals surface area (Å²) in [6, 6.07) is 6.55. The lowest BCUT2D eigenvalue weighted by atomic mass is 9.92. The molecule has 9 heteroatoms. The number of nitrogens with one attached hydrogen (secondary N) is 1. The Morgan fingerprint density at radius 3 is 2.70 bits per heavy atom. The molecule has 1 aromatic rings. The summed E-state index contributed by atoms with van der Waals surface area (Å²) in [5.74, 6) is -0.675. The van der Waals surface area contributed by atoms with E-state index in [0.717, 1.165) is 16.0 Å². The van der Waals surface area contributed by atoms with E-state index < -0.39 is 39.3 Å². The summed E-state index contributed by atoms with van der Waals surface area (Å²) in [6.07, 6.45) is 1.54. The smallest absolute Gasteiger partial charge is 0.325 e. The second-order valence-electron chi connectivity index (χ2n) is 8.88. The monoisotopic (exact) mass is 433 g/mol. The minimum Gasteiger partial charge on any atom is -0.337 e. The lowest BCUT2D eigenvalue weighted by Crippen LogP contribution is -2.49. The first-order chi connectivity index (χ1) is 14.1. The van der Waals surface area contributed by atoms with Crippen LogP contribution in [0.5, 0.6) is 0 Å². The zero-order valence-electron chi connectivity index (χ0n) is 17.3. The molecule has 2 heterocycles. The normalized spacial score (nSPS) is 27.0. The highest BCUT2D eigenvalue weighted by Gasteiger charge is 2.55. The molecule has 0 radical (unpaired) electrons. The van der Waals surface area contributed by atoms with Gasteiger partial charge in [-0.25, -0.2) is 13.2 Å². The summed E-state index contributed by atoms with van der Waals surface area (Å²) < 4.78 is 23.8. The van der Waals surface area contributed by atoms with E-state index in [4.69, 9.17) is 0 Å². The van der Waals surface area contributed by atoms with Crippen LogP contribution in [0.4, 0.5) is 4.79 Å². The van der Waals surface area contributed by atoms with Gasteiger partial charge in [0.15, 0.2) is 9.84 Å². The van der Waals surface area contributed by atoms with Crippen molar-refractivity contribution in [1.82, 2.24) is 15.1 Å². The summed E-state index contributed by atoms with van der Waals surface area (Å²) >= 11 is 0. The molecule has 1 aliphatic carbocycles. The fourth-order valence-electron chi connectivity index (χ4n) is 4.83. The predicted molar refractivity (Wildman–Crippen MR) is 110 cm³/mol. The predicted octanol–water partition coefficient (Wildman–Crippen LogP) is 1.05. The molecule has 0 bridgehead atoms. The zero-order chi connectivity index (χ0) is 21.7. The van der Waals surface area contributed by atoms with E-state index in [0.29, 0.717) is 25.8 Å². The standard InChI is InChI=1S/C21H27N3O5S/c1-14(2)11-23(16-8-10-30(28,29)13-16)18(25)12-24-19(26)21(22-20(24)27)9-7-15-5-3-4-6-17(15)21/h3-6,14,16H,7-13H2,1-2H3,(H,22,27)/t16-,21-/m0/s1. The maximum atomic E-state index is 13.3. The Labute approximate surface area is 176 Å². The minimum atomic E-state index is -3.16. The number of sulfone groups is 1. The van der Waals surface area contributed by atoms with Crippen LogP contribution in [0.15, 0.2) is 24.3 Å². The van der Waals surface area contributed by atoms with Crippen LogP contribution in [0.25, 0.3) is 0 Å². The Kier molecular flexibility index (Phi) is 5.12. The molecule has 0 unspecified atom stereocenters. The van der Waals surface area contributed by atoms with Crippen LogP contribution in [0.3, 0.4) is 0 Å². The first-order valence-corrected chi connectivity index (χ1v) is 12.2. The summed E-state index contributed by atoms with van der Waals surface area (Å²) in [5, 5.41) is 2.82. The van der Waals surface area contributed by atoms with Crippen molar-refractivity contribution in [1.29, 1.82) is 0 Å². The van der Waals surface area contributed by atoms with Crippen LogP contribution in [-0.2, 0) is 31.4 Å². The van der Waals surface area contributed by atoms with Crippen molar-refractivity contribution in [3.8, 4) is 0 Å². The van der Waals surface area contributed by atoms with Crippen LogP contribution < -0.4 is 5.32 Å². The molecule has 0 aromatic heterocycles. The number of urea groups is 1. The SMILES string of the molecule is CC(C)CN(C(=O)CN1C(=O)N[C@]2(CCc3ccccc32)C1=O)[C@H]1CCS(=O)(=O)C1. The molecule has 4 amide bonds. The highest BCUT2D eigenvalue weighted by molar-refractivity contribution is 7.91. The van der Waals surface area contributed by atoms with Gasteiger partial charge >= 0.3 is 6.03 Å². The topological polar surface area (TPSA) is 104 Å². The van der Waals surface area contributed by atoms with Crippen molar-refractivity contribution < 1.29 is 22.8 Å². The number of fused-ring (bicyclic) bond motifs is 2. The lowest BCUT2D eigenvalue weighted by molar-refractivity contribution is -0.140. The fraction of sp³-hybridized carbons (Fsp3) is 0.571. The number of aryl methyl sites for hydroxylation is 1. The average Bonchev–Trinajstić information content (AvgIpc) is 3.30. The van der Waals surface area contributed by atoms with E-state index in [1.165, 1.54) is 0 Å². The maximum absolute atomic E-state index is 13.3. The second-order valence-corrected chi connectivity index (χ2v) is 11.1. The summed E-state index contributed by atoms with van der Waals surface area (Å²) in [5.41, 5.74) is 0.712. The quantitative estimate of drug-likeness (QED) is 0.699. The maximum Gasteiger partial charge on any atom is 0.325 e. The molecule has 1 N–H and O–H groups in total. The molecule has 162 valence electrons. The number of benzene rings is 1. The van der Waals surface area contributed by atoms with Gasteiger partial charge in [0.1, 0.15) is 12.1 Å². The van der Waals surface area contributed by atoms with Crippen molar-refractivity contribution in [3.63, 3.8) is 0 Å². The van der Waals surface area contributed by atoms with Crippen LogP contribution in [0.2, 0.25) is 0 Å². The first kappa shape index (κ1) is 20.8. The van der Waals surface area contributed by atoms with E-state index in [9.17, 15) is 22.8 Å². The van der Waals surface area contributed by atoms with Gasteiger partial charge < -0.3 is 10.2 Å². The Morgan fingerprint density at radius 1 is 1.30 bits per heavy atom. The number of nitrogens with zero attached hydrogens (tertiary/aromatic N) is 2. The van der Waals surface area contributed by atoms with E-state index in [-0.39, 0.29) is 24.0 Å². The van der Waals surface area contributed by atoms with Crippen molar-refractivity contribution >= 4 is 27.7 Å². The Balaban J connectivity index is 1.55. The molecule has 2 atom stereocenters. The molecule has 2 fully saturated rings. The number of hydrogen-bond acceptors (Lipinski definition) is 5. The zero-order valence-corrected chi connectivity index (χ0v) is 18.1. The Bertz CT molecular complexity index is 1010. The van der Waals surface area contributed by atoms with Gasteiger partial charge in [0.2, 0.25) is 5.91 Å². The number of carbonyl (C=O) groups excluding carboxylic acids is 3. The van der Waals surface area contributed by atoms with Crippen LogP contribution in [0, 0.1) is 5.92 Å². The number of hydrogen-bond donors (Lipinski definition) is 1. The summed E-state index contributed by atoms with van der Waals surface area (Å²) in [4.78, 5) is 41.6. The van der Waals surface area contributed by atoms with Crippen LogP contribution in [-0.4, -0.2) is 66.7 Å². The lowest BCUT2D eigenvalue weighted by Gasteiger charge is -2.31. The Morgan fingerprint density at radius 2 is 2.03 bits per heavy atom. The van der Waals surface area contributed by atoms with Crippen molar-refractivity contribution in [3.05, 3.63) is 35.4 Å². The third-order valence-electron chi connectivity index (χ3n) is 6.25. The number of rotatable bonds is 5. The molecule has 1 aromatic carbocycles. The van der Waals surface area contributed by atoms with Gasteiger partial charge in [0.25, 0.3) is 5.91 Å². The molecule has 4 rings (SSSR count). The fourth-order valence-corrected chi connectivity index (χ4v) is 6.56. The van der Waals surface area contributed by atoms with Gasteiger partial charge in [-0.2, -0.15) is 0 Å². The van der Waals surface area contributed by atoms with Gasteiger partial charge in [-0.15, -0.1) is 0 Å². The van der Waals surface area contributed by atoms with Crippen molar-refractivity contribution in [2.24, 2.45) is 5.92 Å². The van der Waals surface area contributed by atoms with Crippen LogP contribution >= 0.6 is 0 Å². The molecular formula is C21H27N3O5S. The number of amides is 4. The van der Waals surface area contributed by atoms with Crippen molar-refractivity contribution in [2.75, 3.05) is 24.6 Å². The molecule has 0 saturated carbocycles. The van der Waals surface area contributed by atoms with Gasteiger partial charge in [0.05, 0.1) is 11.5 Å². The van der Waals surface area contributed by atoms with E-state index in [1.54, 1.807) is 4.90 Å². The molecule has 8 nitrogen and oxygen atoms in total. The van der Waals surface area contributed by atoms with E-state index >= 15 is 0 Å².